The molecular formula is C14H16N2O6S. The van der Waals surface area contributed by atoms with Gasteiger partial charge in [-0.3, -0.25) is 4.79 Å². The third kappa shape index (κ3) is 4.04. The first-order valence-electron chi connectivity index (χ1n) is 6.69. The normalized spacial score (nSPS) is 12.1. The van der Waals surface area contributed by atoms with Crippen molar-refractivity contribution in [1.82, 2.24) is 4.98 Å². The quantitative estimate of drug-likeness (QED) is 0.698. The van der Waals surface area contributed by atoms with Crippen molar-refractivity contribution in [3.63, 3.8) is 0 Å². The number of hydrogen-bond donors (Lipinski definition) is 0. The van der Waals surface area contributed by atoms with Gasteiger partial charge in [-0.2, -0.15) is 5.26 Å². The maximum atomic E-state index is 12.2. The number of carbonyl (C=O) groups excluding carboxylic acids is 2. The van der Waals surface area contributed by atoms with Crippen molar-refractivity contribution in [2.75, 3.05) is 19.5 Å². The van der Waals surface area contributed by atoms with Crippen LogP contribution in [0.4, 0.5) is 0 Å². The van der Waals surface area contributed by atoms with E-state index in [2.05, 4.69) is 9.72 Å². The van der Waals surface area contributed by atoms with E-state index in [-0.39, 0.29) is 22.8 Å². The van der Waals surface area contributed by atoms with Crippen molar-refractivity contribution in [2.45, 2.75) is 24.7 Å². The molecule has 1 aromatic heterocycles. The number of carbonyl (C=O) groups is 2. The van der Waals surface area contributed by atoms with Gasteiger partial charge >= 0.3 is 11.9 Å². The Balaban J connectivity index is 3.51. The number of esters is 2. The molecule has 1 aromatic rings. The Labute approximate surface area is 134 Å². The van der Waals surface area contributed by atoms with Gasteiger partial charge in [-0.15, -0.1) is 0 Å². The first-order chi connectivity index (χ1) is 10.8. The van der Waals surface area contributed by atoms with Crippen molar-refractivity contribution in [1.29, 1.82) is 5.26 Å². The van der Waals surface area contributed by atoms with Crippen LogP contribution in [0.15, 0.2) is 17.2 Å². The fourth-order valence-corrected chi connectivity index (χ4v) is 2.81. The second kappa shape index (κ2) is 7.69. The molecule has 0 saturated carbocycles. The highest BCUT2D eigenvalue weighted by Gasteiger charge is 2.28. The molecule has 8 nitrogen and oxygen atoms in total. The number of sulfone groups is 1. The summed E-state index contributed by atoms with van der Waals surface area (Å²) < 4.78 is 33.6. The summed E-state index contributed by atoms with van der Waals surface area (Å²) in [5.41, 5.74) is -0.357. The molecule has 0 aliphatic heterocycles. The van der Waals surface area contributed by atoms with E-state index in [1.165, 1.54) is 6.92 Å². The molecule has 1 rings (SSSR count). The predicted molar refractivity (Wildman–Crippen MR) is 78.3 cm³/mol. The molecule has 1 unspecified atom stereocenters. The summed E-state index contributed by atoms with van der Waals surface area (Å²) in [7, 11) is -2.72. The number of nitriles is 1. The molecule has 9 heteroatoms. The maximum absolute atomic E-state index is 12.2. The Morgan fingerprint density at radius 1 is 1.39 bits per heavy atom. The first-order valence-corrected chi connectivity index (χ1v) is 8.34. The molecule has 0 radical (unpaired) electrons. The van der Waals surface area contributed by atoms with Crippen LogP contribution in [0.2, 0.25) is 0 Å². The van der Waals surface area contributed by atoms with Crippen molar-refractivity contribution >= 4 is 21.8 Å². The monoisotopic (exact) mass is 340 g/mol. The van der Waals surface area contributed by atoms with E-state index in [1.807, 2.05) is 0 Å². The molecule has 0 aliphatic rings. The highest BCUT2D eigenvalue weighted by Crippen LogP contribution is 2.23. The molecule has 0 spiro atoms. The number of ether oxygens (including phenoxy) is 2. The smallest absolute Gasteiger partial charge is 0.358 e. The van der Waals surface area contributed by atoms with Gasteiger partial charge < -0.3 is 9.47 Å². The molecule has 124 valence electrons. The summed E-state index contributed by atoms with van der Waals surface area (Å²) in [6, 6.07) is 2.82. The van der Waals surface area contributed by atoms with Crippen LogP contribution in [-0.2, 0) is 24.1 Å². The summed E-state index contributed by atoms with van der Waals surface area (Å²) in [5.74, 6) is -3.35. The average molecular weight is 340 g/mol. The standard InChI is InChI=1S/C14H16N2O6S/c1-4-22-13(17)10(7-15)9-6-11(23(19,20)5-2)12(16-8-9)14(18)21-3/h6,8,10H,4-5H2,1-3H3. The second-order valence-electron chi connectivity index (χ2n) is 4.32. The van der Waals surface area contributed by atoms with Crippen LogP contribution < -0.4 is 0 Å². The summed E-state index contributed by atoms with van der Waals surface area (Å²) in [5, 5.41) is 9.13. The lowest BCUT2D eigenvalue weighted by atomic mass is 10.0. The van der Waals surface area contributed by atoms with Crippen molar-refractivity contribution in [2.24, 2.45) is 0 Å². The lowest BCUT2D eigenvalue weighted by Gasteiger charge is -2.12. The Bertz CT molecular complexity index is 751. The van der Waals surface area contributed by atoms with Crippen molar-refractivity contribution < 1.29 is 27.5 Å². The predicted octanol–water partition coefficient (Wildman–Crippen LogP) is 0.832. The van der Waals surface area contributed by atoms with Crippen LogP contribution in [0, 0.1) is 11.3 Å². The number of rotatable bonds is 6. The first kappa shape index (κ1) is 18.6. The van der Waals surface area contributed by atoms with E-state index in [0.29, 0.717) is 0 Å². The maximum Gasteiger partial charge on any atom is 0.358 e. The minimum absolute atomic E-state index is 0.0330. The summed E-state index contributed by atoms with van der Waals surface area (Å²) in [6.07, 6.45) is 1.09. The molecule has 23 heavy (non-hydrogen) atoms. The van der Waals surface area contributed by atoms with Crippen LogP contribution in [0.25, 0.3) is 0 Å². The minimum atomic E-state index is -3.81. The Hall–Kier alpha value is -2.47. The summed E-state index contributed by atoms with van der Waals surface area (Å²) in [6.45, 7) is 3.05. The number of nitrogens with zero attached hydrogens (tertiary/aromatic N) is 2. The Morgan fingerprint density at radius 3 is 2.52 bits per heavy atom. The van der Waals surface area contributed by atoms with E-state index < -0.39 is 33.4 Å². The molecule has 0 bridgehead atoms. The number of aromatic nitrogens is 1. The van der Waals surface area contributed by atoms with Gasteiger partial charge in [-0.05, 0) is 13.0 Å². The van der Waals surface area contributed by atoms with Gasteiger partial charge in [0.1, 0.15) is 4.90 Å². The Morgan fingerprint density at radius 2 is 2.04 bits per heavy atom. The lowest BCUT2D eigenvalue weighted by molar-refractivity contribution is -0.143. The third-order valence-corrected chi connectivity index (χ3v) is 4.69. The molecule has 0 saturated heterocycles. The highest BCUT2D eigenvalue weighted by molar-refractivity contribution is 7.91. The second-order valence-corrected chi connectivity index (χ2v) is 6.57. The molecule has 0 fully saturated rings. The fraction of sp³-hybridized carbons (Fsp3) is 0.429. The molecule has 0 N–H and O–H groups in total. The van der Waals surface area contributed by atoms with Crippen LogP contribution in [0.5, 0.6) is 0 Å². The van der Waals surface area contributed by atoms with Crippen LogP contribution in [0.3, 0.4) is 0 Å². The van der Waals surface area contributed by atoms with Crippen molar-refractivity contribution in [3.8, 4) is 6.07 Å². The van der Waals surface area contributed by atoms with Gasteiger partial charge in [0, 0.05) is 11.8 Å². The fourth-order valence-electron chi connectivity index (χ4n) is 1.75. The van der Waals surface area contributed by atoms with Crippen LogP contribution >= 0.6 is 0 Å². The number of methoxy groups -OCH3 is 1. The zero-order chi connectivity index (χ0) is 17.6. The molecule has 0 aliphatic carbocycles. The minimum Gasteiger partial charge on any atom is -0.465 e. The topological polar surface area (TPSA) is 123 Å². The lowest BCUT2D eigenvalue weighted by Crippen LogP contribution is -2.18. The molecule has 0 amide bonds. The van der Waals surface area contributed by atoms with Gasteiger partial charge in [-0.25, -0.2) is 18.2 Å². The van der Waals surface area contributed by atoms with E-state index in [4.69, 9.17) is 10.00 Å². The number of hydrogen-bond acceptors (Lipinski definition) is 8. The van der Waals surface area contributed by atoms with Gasteiger partial charge in [0.2, 0.25) is 0 Å². The zero-order valence-electron chi connectivity index (χ0n) is 12.9. The van der Waals surface area contributed by atoms with Gasteiger partial charge in [0.25, 0.3) is 0 Å². The van der Waals surface area contributed by atoms with E-state index in [9.17, 15) is 18.0 Å². The summed E-state index contributed by atoms with van der Waals surface area (Å²) in [4.78, 5) is 26.8. The number of pyridine rings is 1. The average Bonchev–Trinajstić information content (AvgIpc) is 2.55. The van der Waals surface area contributed by atoms with Crippen LogP contribution in [-0.4, -0.2) is 44.8 Å². The highest BCUT2D eigenvalue weighted by atomic mass is 32.2. The molecule has 0 aromatic carbocycles. The van der Waals surface area contributed by atoms with Gasteiger partial charge in [0.15, 0.2) is 21.4 Å². The largest absolute Gasteiger partial charge is 0.465 e. The third-order valence-electron chi connectivity index (χ3n) is 2.95. The molecule has 1 atom stereocenters. The zero-order valence-corrected chi connectivity index (χ0v) is 13.7. The SMILES string of the molecule is CCOC(=O)C(C#N)c1cnc(C(=O)OC)c(S(=O)(=O)CC)c1. The van der Waals surface area contributed by atoms with E-state index in [1.54, 1.807) is 13.0 Å². The van der Waals surface area contributed by atoms with E-state index >= 15 is 0 Å². The van der Waals surface area contributed by atoms with E-state index in [0.717, 1.165) is 19.4 Å². The van der Waals surface area contributed by atoms with Crippen LogP contribution in [0.1, 0.15) is 35.8 Å². The van der Waals surface area contributed by atoms with Crippen molar-refractivity contribution in [3.05, 3.63) is 23.5 Å². The molecular weight excluding hydrogens is 324 g/mol. The van der Waals surface area contributed by atoms with Gasteiger partial charge in [-0.1, -0.05) is 6.92 Å². The van der Waals surface area contributed by atoms with Gasteiger partial charge in [0.05, 0.1) is 25.5 Å². The molecule has 1 heterocycles. The Kier molecular flexibility index (Phi) is 6.21. The summed E-state index contributed by atoms with van der Waals surface area (Å²) >= 11 is 0.